The van der Waals surface area contributed by atoms with Gasteiger partial charge in [-0.3, -0.25) is 0 Å². The Hall–Kier alpha value is -0.720. The van der Waals surface area contributed by atoms with Gasteiger partial charge in [-0.2, -0.15) is 0 Å². The summed E-state index contributed by atoms with van der Waals surface area (Å²) < 4.78 is 32.4. The minimum Gasteiger partial charge on any atom is -0.507 e. The number of morpholine rings is 1. The highest BCUT2D eigenvalue weighted by Gasteiger charge is 2.26. The summed E-state index contributed by atoms with van der Waals surface area (Å²) in [6.07, 6.45) is -0.661. The smallest absolute Gasteiger partial charge is 0.149 e. The minimum absolute atomic E-state index is 0.141. The third kappa shape index (κ3) is 2.05. The first-order valence-electron chi connectivity index (χ1n) is 4.80. The van der Waals surface area contributed by atoms with Crippen molar-refractivity contribution in [2.75, 3.05) is 19.7 Å². The van der Waals surface area contributed by atoms with Crippen molar-refractivity contribution in [2.24, 2.45) is 0 Å². The number of nitrogens with one attached hydrogen (secondary N) is 1. The van der Waals surface area contributed by atoms with E-state index in [0.717, 1.165) is 6.07 Å². The number of halogens is 3. The molecule has 1 aromatic rings. The molecule has 1 aliphatic heterocycles. The van der Waals surface area contributed by atoms with Crippen LogP contribution in [0.1, 0.15) is 11.7 Å². The molecule has 0 saturated carbocycles. The van der Waals surface area contributed by atoms with E-state index >= 15 is 0 Å². The van der Waals surface area contributed by atoms with Crippen molar-refractivity contribution in [1.29, 1.82) is 0 Å². The van der Waals surface area contributed by atoms with Crippen LogP contribution in [0.15, 0.2) is 10.5 Å². The van der Waals surface area contributed by atoms with Crippen molar-refractivity contribution in [3.05, 3.63) is 27.7 Å². The molecular formula is C10H10BrF2NO2. The van der Waals surface area contributed by atoms with Gasteiger partial charge in [-0.05, 0) is 15.9 Å². The van der Waals surface area contributed by atoms with E-state index in [0.29, 0.717) is 19.7 Å². The molecule has 1 atom stereocenters. The van der Waals surface area contributed by atoms with Gasteiger partial charge in [-0.25, -0.2) is 8.78 Å². The van der Waals surface area contributed by atoms with Gasteiger partial charge in [-0.15, -0.1) is 0 Å². The zero-order chi connectivity index (χ0) is 11.7. The fraction of sp³-hybridized carbons (Fsp3) is 0.400. The van der Waals surface area contributed by atoms with Gasteiger partial charge in [0.15, 0.2) is 0 Å². The van der Waals surface area contributed by atoms with E-state index in [9.17, 15) is 13.9 Å². The predicted octanol–water partition coefficient (Wildman–Crippen LogP) is 2.09. The molecule has 2 rings (SSSR count). The number of hydrogen-bond acceptors (Lipinski definition) is 3. The van der Waals surface area contributed by atoms with E-state index in [2.05, 4.69) is 21.2 Å². The zero-order valence-electron chi connectivity index (χ0n) is 8.27. The van der Waals surface area contributed by atoms with E-state index in [4.69, 9.17) is 4.74 Å². The van der Waals surface area contributed by atoms with Crippen LogP contribution in [0.4, 0.5) is 8.78 Å². The summed E-state index contributed by atoms with van der Waals surface area (Å²) in [6.45, 7) is 1.42. The van der Waals surface area contributed by atoms with Gasteiger partial charge >= 0.3 is 0 Å². The van der Waals surface area contributed by atoms with Gasteiger partial charge < -0.3 is 15.2 Å². The van der Waals surface area contributed by atoms with Crippen molar-refractivity contribution >= 4 is 15.9 Å². The SMILES string of the molecule is Oc1cc(F)c(C2CNCCO2)c(F)c1Br. The first-order valence-corrected chi connectivity index (χ1v) is 5.59. The molecule has 0 bridgehead atoms. The fourth-order valence-corrected chi connectivity index (χ4v) is 1.97. The van der Waals surface area contributed by atoms with Crippen molar-refractivity contribution in [2.45, 2.75) is 6.10 Å². The molecule has 0 spiro atoms. The van der Waals surface area contributed by atoms with Crippen LogP contribution in [0.2, 0.25) is 0 Å². The second-order valence-electron chi connectivity index (χ2n) is 3.48. The molecule has 0 radical (unpaired) electrons. The Morgan fingerprint density at radius 2 is 2.25 bits per heavy atom. The number of hydrogen-bond donors (Lipinski definition) is 2. The molecular weight excluding hydrogens is 284 g/mol. The van der Waals surface area contributed by atoms with Gasteiger partial charge in [0.25, 0.3) is 0 Å². The summed E-state index contributed by atoms with van der Waals surface area (Å²) in [5.41, 5.74) is -0.156. The number of benzene rings is 1. The van der Waals surface area contributed by atoms with Crippen LogP contribution in [0.25, 0.3) is 0 Å². The van der Waals surface area contributed by atoms with Gasteiger partial charge in [0.2, 0.25) is 0 Å². The molecule has 3 nitrogen and oxygen atoms in total. The van der Waals surface area contributed by atoms with Crippen LogP contribution in [0, 0.1) is 11.6 Å². The van der Waals surface area contributed by atoms with Crippen LogP contribution < -0.4 is 5.32 Å². The van der Waals surface area contributed by atoms with Crippen molar-refractivity contribution in [3.8, 4) is 5.75 Å². The van der Waals surface area contributed by atoms with Gasteiger partial charge in [-0.1, -0.05) is 0 Å². The first kappa shape index (κ1) is 11.8. The normalized spacial score (nSPS) is 21.1. The third-order valence-corrected chi connectivity index (χ3v) is 3.18. The highest BCUT2D eigenvalue weighted by molar-refractivity contribution is 9.10. The number of phenolic OH excluding ortho intramolecular Hbond substituents is 1. The maximum Gasteiger partial charge on any atom is 0.149 e. The third-order valence-electron chi connectivity index (χ3n) is 2.42. The standard InChI is InChI=1S/C10H10BrF2NO2/c11-9-6(15)3-5(12)8(10(9)13)7-4-14-1-2-16-7/h3,7,14-15H,1-2,4H2. The van der Waals surface area contributed by atoms with Crippen LogP contribution in [-0.4, -0.2) is 24.8 Å². The summed E-state index contributed by atoms with van der Waals surface area (Å²) in [6, 6.07) is 0.875. The Balaban J connectivity index is 2.42. The van der Waals surface area contributed by atoms with E-state index in [1.54, 1.807) is 0 Å². The molecule has 1 saturated heterocycles. The molecule has 1 aromatic carbocycles. The molecule has 0 aromatic heterocycles. The Kier molecular flexibility index (Phi) is 3.41. The Morgan fingerprint density at radius 1 is 1.50 bits per heavy atom. The quantitative estimate of drug-likeness (QED) is 0.779. The second kappa shape index (κ2) is 4.65. The Bertz CT molecular complexity index is 408. The maximum absolute atomic E-state index is 13.8. The van der Waals surface area contributed by atoms with Crippen LogP contribution >= 0.6 is 15.9 Å². The van der Waals surface area contributed by atoms with Gasteiger partial charge in [0.1, 0.15) is 23.5 Å². The molecule has 1 unspecified atom stereocenters. The monoisotopic (exact) mass is 293 g/mol. The van der Waals surface area contributed by atoms with Crippen LogP contribution in [-0.2, 0) is 4.74 Å². The number of ether oxygens (including phenoxy) is 1. The molecule has 0 aliphatic carbocycles. The Labute approximate surface area is 99.5 Å². The van der Waals surface area contributed by atoms with Crippen molar-refractivity contribution < 1.29 is 18.6 Å². The largest absolute Gasteiger partial charge is 0.507 e. The second-order valence-corrected chi connectivity index (χ2v) is 4.28. The summed E-state index contributed by atoms with van der Waals surface area (Å²) >= 11 is 2.86. The van der Waals surface area contributed by atoms with E-state index in [1.165, 1.54) is 0 Å². The summed E-state index contributed by atoms with van der Waals surface area (Å²) in [4.78, 5) is 0. The van der Waals surface area contributed by atoms with E-state index < -0.39 is 23.5 Å². The lowest BCUT2D eigenvalue weighted by Crippen LogP contribution is -2.34. The average molecular weight is 294 g/mol. The lowest BCUT2D eigenvalue weighted by atomic mass is 10.1. The van der Waals surface area contributed by atoms with Crippen LogP contribution in [0.3, 0.4) is 0 Å². The minimum atomic E-state index is -0.814. The topological polar surface area (TPSA) is 41.5 Å². The summed E-state index contributed by atoms with van der Waals surface area (Å²) in [5, 5.41) is 12.2. The number of aromatic hydroxyl groups is 1. The summed E-state index contributed by atoms with van der Waals surface area (Å²) in [5.74, 6) is -2.07. The predicted molar refractivity (Wildman–Crippen MR) is 57.3 cm³/mol. The zero-order valence-corrected chi connectivity index (χ0v) is 9.85. The molecule has 88 valence electrons. The number of rotatable bonds is 1. The first-order chi connectivity index (χ1) is 7.61. The van der Waals surface area contributed by atoms with Crippen LogP contribution in [0.5, 0.6) is 5.75 Å². The molecule has 2 N–H and O–H groups in total. The number of phenols is 1. The lowest BCUT2D eigenvalue weighted by Gasteiger charge is -2.25. The molecule has 0 amide bonds. The van der Waals surface area contributed by atoms with Crippen molar-refractivity contribution in [3.63, 3.8) is 0 Å². The molecule has 1 heterocycles. The summed E-state index contributed by atoms with van der Waals surface area (Å²) in [7, 11) is 0. The molecule has 6 heteroatoms. The van der Waals surface area contributed by atoms with Crippen molar-refractivity contribution in [1.82, 2.24) is 5.32 Å². The van der Waals surface area contributed by atoms with E-state index in [-0.39, 0.29) is 10.0 Å². The maximum atomic E-state index is 13.8. The Morgan fingerprint density at radius 3 is 2.88 bits per heavy atom. The highest BCUT2D eigenvalue weighted by atomic mass is 79.9. The van der Waals surface area contributed by atoms with E-state index in [1.807, 2.05) is 0 Å². The average Bonchev–Trinajstić information content (AvgIpc) is 2.28. The molecule has 1 aliphatic rings. The molecule has 1 fully saturated rings. The fourth-order valence-electron chi connectivity index (χ4n) is 1.64. The lowest BCUT2D eigenvalue weighted by molar-refractivity contribution is 0.0230. The molecule has 16 heavy (non-hydrogen) atoms. The highest BCUT2D eigenvalue weighted by Crippen LogP contribution is 2.35. The van der Waals surface area contributed by atoms with Gasteiger partial charge in [0.05, 0.1) is 16.6 Å². The van der Waals surface area contributed by atoms with Gasteiger partial charge in [0, 0.05) is 19.2 Å².